The highest BCUT2D eigenvalue weighted by Crippen LogP contribution is 2.32. The topological polar surface area (TPSA) is 54.7 Å². The van der Waals surface area contributed by atoms with Gasteiger partial charge in [-0.15, -0.1) is 0 Å². The van der Waals surface area contributed by atoms with E-state index in [1.54, 1.807) is 6.07 Å². The van der Waals surface area contributed by atoms with Crippen LogP contribution in [0.5, 0.6) is 0 Å². The molecular weight excluding hydrogens is 407 g/mol. The van der Waals surface area contributed by atoms with E-state index in [4.69, 9.17) is 9.73 Å². The monoisotopic (exact) mass is 437 g/mol. The SMILES string of the molecule is CCNC(=NCCc1c(C)nn(C)c1C)N1CCOC(c2cccc(C(F)(F)F)c2)C1. The molecule has 1 aliphatic heterocycles. The summed E-state index contributed by atoms with van der Waals surface area (Å²) < 4.78 is 46.9. The van der Waals surface area contributed by atoms with Crippen molar-refractivity contribution >= 4 is 5.96 Å². The van der Waals surface area contributed by atoms with Crippen LogP contribution < -0.4 is 5.32 Å². The fourth-order valence-electron chi connectivity index (χ4n) is 3.84. The highest BCUT2D eigenvalue weighted by Gasteiger charge is 2.32. The van der Waals surface area contributed by atoms with E-state index < -0.39 is 17.8 Å². The predicted molar refractivity (Wildman–Crippen MR) is 114 cm³/mol. The maximum atomic E-state index is 13.1. The largest absolute Gasteiger partial charge is 0.416 e. The summed E-state index contributed by atoms with van der Waals surface area (Å²) in [5.74, 6) is 0.752. The van der Waals surface area contributed by atoms with E-state index in [1.807, 2.05) is 32.5 Å². The number of rotatable bonds is 5. The summed E-state index contributed by atoms with van der Waals surface area (Å²) in [4.78, 5) is 6.82. The van der Waals surface area contributed by atoms with Crippen LogP contribution in [0.4, 0.5) is 13.2 Å². The van der Waals surface area contributed by atoms with E-state index >= 15 is 0 Å². The van der Waals surface area contributed by atoms with Crippen molar-refractivity contribution in [3.05, 3.63) is 52.3 Å². The van der Waals surface area contributed by atoms with Crippen LogP contribution in [0.1, 0.15) is 41.1 Å². The Morgan fingerprint density at radius 2 is 2.10 bits per heavy atom. The molecule has 0 spiro atoms. The summed E-state index contributed by atoms with van der Waals surface area (Å²) in [5, 5.41) is 7.75. The summed E-state index contributed by atoms with van der Waals surface area (Å²) in [6.45, 7) is 8.84. The van der Waals surface area contributed by atoms with Crippen molar-refractivity contribution in [2.75, 3.05) is 32.8 Å². The molecule has 1 atom stereocenters. The number of aryl methyl sites for hydroxylation is 2. The van der Waals surface area contributed by atoms with E-state index in [2.05, 4.69) is 15.3 Å². The molecule has 1 aromatic heterocycles. The predicted octanol–water partition coefficient (Wildman–Crippen LogP) is 3.64. The first-order chi connectivity index (χ1) is 14.7. The van der Waals surface area contributed by atoms with Crippen molar-refractivity contribution in [2.24, 2.45) is 12.0 Å². The summed E-state index contributed by atoms with van der Waals surface area (Å²) >= 11 is 0. The van der Waals surface area contributed by atoms with Gasteiger partial charge in [-0.1, -0.05) is 12.1 Å². The zero-order valence-electron chi connectivity index (χ0n) is 18.5. The van der Waals surface area contributed by atoms with Crippen molar-refractivity contribution in [1.29, 1.82) is 0 Å². The molecule has 0 radical (unpaired) electrons. The number of ether oxygens (including phenoxy) is 1. The van der Waals surface area contributed by atoms with Gasteiger partial charge in [-0.2, -0.15) is 18.3 Å². The first kappa shape index (κ1) is 23.1. The van der Waals surface area contributed by atoms with E-state index in [-0.39, 0.29) is 0 Å². The minimum atomic E-state index is -4.37. The van der Waals surface area contributed by atoms with Crippen molar-refractivity contribution in [3.63, 3.8) is 0 Å². The summed E-state index contributed by atoms with van der Waals surface area (Å²) in [5.41, 5.74) is 3.21. The second-order valence-electron chi connectivity index (χ2n) is 7.69. The third-order valence-electron chi connectivity index (χ3n) is 5.57. The number of aromatic nitrogens is 2. The van der Waals surface area contributed by atoms with Gasteiger partial charge >= 0.3 is 6.18 Å². The lowest BCUT2D eigenvalue weighted by Gasteiger charge is -2.35. The minimum absolute atomic E-state index is 0.423. The normalized spacial score (nSPS) is 17.8. The van der Waals surface area contributed by atoms with Gasteiger partial charge in [0.2, 0.25) is 0 Å². The van der Waals surface area contributed by atoms with Gasteiger partial charge in [0, 0.05) is 32.4 Å². The fourth-order valence-corrected chi connectivity index (χ4v) is 3.84. The highest BCUT2D eigenvalue weighted by atomic mass is 19.4. The molecule has 1 saturated heterocycles. The van der Waals surface area contributed by atoms with Crippen molar-refractivity contribution in [1.82, 2.24) is 20.0 Å². The van der Waals surface area contributed by atoms with Crippen LogP contribution in [-0.4, -0.2) is 53.4 Å². The zero-order chi connectivity index (χ0) is 22.6. The molecule has 2 heterocycles. The number of aliphatic imine (C=N–C) groups is 1. The Bertz CT molecular complexity index is 922. The molecule has 1 aliphatic rings. The van der Waals surface area contributed by atoms with Crippen LogP contribution in [0, 0.1) is 13.8 Å². The molecule has 0 bridgehead atoms. The molecule has 170 valence electrons. The van der Waals surface area contributed by atoms with Gasteiger partial charge in [-0.05, 0) is 50.5 Å². The Morgan fingerprint density at radius 3 is 2.74 bits per heavy atom. The van der Waals surface area contributed by atoms with Gasteiger partial charge in [0.15, 0.2) is 5.96 Å². The maximum Gasteiger partial charge on any atom is 0.416 e. The number of benzene rings is 1. The van der Waals surface area contributed by atoms with E-state index in [1.165, 1.54) is 17.7 Å². The van der Waals surface area contributed by atoms with E-state index in [0.29, 0.717) is 38.3 Å². The Hall–Kier alpha value is -2.55. The van der Waals surface area contributed by atoms with Crippen LogP contribution in [0.2, 0.25) is 0 Å². The van der Waals surface area contributed by atoms with Gasteiger partial charge in [-0.3, -0.25) is 9.67 Å². The first-order valence-corrected chi connectivity index (χ1v) is 10.5. The second-order valence-corrected chi connectivity index (χ2v) is 7.69. The Kier molecular flexibility index (Phi) is 7.25. The lowest BCUT2D eigenvalue weighted by molar-refractivity contribution is -0.137. The molecule has 1 N–H and O–H groups in total. The van der Waals surface area contributed by atoms with E-state index in [9.17, 15) is 13.2 Å². The Labute approximate surface area is 181 Å². The van der Waals surface area contributed by atoms with Crippen molar-refractivity contribution in [3.8, 4) is 0 Å². The number of nitrogens with zero attached hydrogens (tertiary/aromatic N) is 4. The number of nitrogens with one attached hydrogen (secondary N) is 1. The molecule has 1 unspecified atom stereocenters. The molecule has 0 aliphatic carbocycles. The molecule has 9 heteroatoms. The number of morpholine rings is 1. The molecule has 2 aromatic rings. The molecule has 31 heavy (non-hydrogen) atoms. The van der Waals surface area contributed by atoms with Gasteiger partial charge in [0.25, 0.3) is 0 Å². The van der Waals surface area contributed by atoms with Crippen LogP contribution in [0.3, 0.4) is 0 Å². The number of hydrogen-bond donors (Lipinski definition) is 1. The van der Waals surface area contributed by atoms with Crippen LogP contribution >= 0.6 is 0 Å². The molecule has 1 fully saturated rings. The van der Waals surface area contributed by atoms with Gasteiger partial charge in [0.1, 0.15) is 6.10 Å². The molecular formula is C22H30F3N5O. The summed E-state index contributed by atoms with van der Waals surface area (Å²) in [6, 6.07) is 5.37. The average molecular weight is 438 g/mol. The van der Waals surface area contributed by atoms with Gasteiger partial charge in [-0.25, -0.2) is 0 Å². The summed E-state index contributed by atoms with van der Waals surface area (Å²) in [7, 11) is 1.93. The molecule has 0 amide bonds. The Balaban J connectivity index is 1.72. The molecule has 1 aromatic carbocycles. The molecule has 3 rings (SSSR count). The molecule has 6 nitrogen and oxygen atoms in total. The molecule has 0 saturated carbocycles. The Morgan fingerprint density at radius 1 is 1.32 bits per heavy atom. The number of alkyl halides is 3. The maximum absolute atomic E-state index is 13.1. The smallest absolute Gasteiger partial charge is 0.370 e. The van der Waals surface area contributed by atoms with Crippen LogP contribution in [-0.2, 0) is 24.4 Å². The number of halogens is 3. The minimum Gasteiger partial charge on any atom is -0.370 e. The van der Waals surface area contributed by atoms with Crippen LogP contribution in [0.15, 0.2) is 29.3 Å². The summed E-state index contributed by atoms with van der Waals surface area (Å²) in [6.07, 6.45) is -4.03. The number of guanidine groups is 1. The van der Waals surface area contributed by atoms with E-state index in [0.717, 1.165) is 29.8 Å². The second kappa shape index (κ2) is 9.72. The third kappa shape index (κ3) is 5.58. The number of hydrogen-bond acceptors (Lipinski definition) is 3. The third-order valence-corrected chi connectivity index (χ3v) is 5.57. The zero-order valence-corrected chi connectivity index (χ0v) is 18.5. The lowest BCUT2D eigenvalue weighted by atomic mass is 10.0. The first-order valence-electron chi connectivity index (χ1n) is 10.5. The quantitative estimate of drug-likeness (QED) is 0.573. The van der Waals surface area contributed by atoms with Crippen LogP contribution in [0.25, 0.3) is 0 Å². The van der Waals surface area contributed by atoms with Gasteiger partial charge in [0.05, 0.1) is 24.4 Å². The van der Waals surface area contributed by atoms with Gasteiger partial charge < -0.3 is 15.0 Å². The fraction of sp³-hybridized carbons (Fsp3) is 0.545. The standard InChI is InChI=1S/C22H30F3N5O/c1-5-26-21(27-10-9-19-15(2)28-29(4)16(19)3)30-11-12-31-20(14-30)17-7-6-8-18(13-17)22(23,24)25/h6-8,13,20H,5,9-12,14H2,1-4H3,(H,26,27). The van der Waals surface area contributed by atoms with Crippen molar-refractivity contribution in [2.45, 2.75) is 39.5 Å². The highest BCUT2D eigenvalue weighted by molar-refractivity contribution is 5.80. The average Bonchev–Trinajstić information content (AvgIpc) is 2.98. The lowest BCUT2D eigenvalue weighted by Crippen LogP contribution is -2.48. The van der Waals surface area contributed by atoms with Crippen molar-refractivity contribution < 1.29 is 17.9 Å².